The first kappa shape index (κ1) is 20.7. The highest BCUT2D eigenvalue weighted by Crippen LogP contribution is 2.23. The molecule has 0 radical (unpaired) electrons. The fraction of sp³-hybridized carbons (Fsp3) is 0.227. The molecule has 0 saturated carbocycles. The zero-order valence-corrected chi connectivity index (χ0v) is 17.0. The standard InChI is InChI=1S/C22H21NO5S/c1-3-14-4-9-18-16(11-21(25)28-19(18)10-14)12-29-13-20(24)23-17-7-5-15(6-8-17)22(26)27-2/h4-11H,3,12-13H2,1-2H3,(H,23,24). The Kier molecular flexibility index (Phi) is 6.72. The van der Waals surface area contributed by atoms with Crippen molar-refractivity contribution in [3.05, 3.63) is 75.6 Å². The molecule has 0 unspecified atom stereocenters. The minimum atomic E-state index is -0.427. The van der Waals surface area contributed by atoms with Gasteiger partial charge in [0.2, 0.25) is 5.91 Å². The van der Waals surface area contributed by atoms with Crippen LogP contribution in [-0.2, 0) is 21.7 Å². The van der Waals surface area contributed by atoms with Gasteiger partial charge in [0.15, 0.2) is 0 Å². The summed E-state index contributed by atoms with van der Waals surface area (Å²) in [5.74, 6) is 0.154. The maximum Gasteiger partial charge on any atom is 0.337 e. The van der Waals surface area contributed by atoms with Crippen molar-refractivity contribution in [3.63, 3.8) is 0 Å². The number of hydrogen-bond donors (Lipinski definition) is 1. The number of esters is 1. The van der Waals surface area contributed by atoms with Crippen LogP contribution in [0.5, 0.6) is 0 Å². The number of nitrogens with one attached hydrogen (secondary N) is 1. The van der Waals surface area contributed by atoms with Crippen LogP contribution in [0.1, 0.15) is 28.4 Å². The Bertz CT molecular complexity index is 1090. The van der Waals surface area contributed by atoms with Gasteiger partial charge in [-0.05, 0) is 47.9 Å². The van der Waals surface area contributed by atoms with E-state index in [1.807, 2.05) is 25.1 Å². The number of benzene rings is 2. The fourth-order valence-electron chi connectivity index (χ4n) is 2.87. The number of anilines is 1. The summed E-state index contributed by atoms with van der Waals surface area (Å²) in [4.78, 5) is 35.5. The van der Waals surface area contributed by atoms with Crippen LogP contribution >= 0.6 is 11.8 Å². The number of hydrogen-bond acceptors (Lipinski definition) is 6. The van der Waals surface area contributed by atoms with E-state index in [-0.39, 0.29) is 11.7 Å². The third-order valence-electron chi connectivity index (χ3n) is 4.38. The Hall–Kier alpha value is -3.06. The van der Waals surface area contributed by atoms with Crippen LogP contribution in [0.4, 0.5) is 5.69 Å². The lowest BCUT2D eigenvalue weighted by Gasteiger charge is -2.08. The van der Waals surface area contributed by atoms with E-state index in [1.54, 1.807) is 24.3 Å². The van der Waals surface area contributed by atoms with Crippen molar-refractivity contribution in [3.8, 4) is 0 Å². The summed E-state index contributed by atoms with van der Waals surface area (Å²) < 4.78 is 9.95. The van der Waals surface area contributed by atoms with Gasteiger partial charge in [0.25, 0.3) is 0 Å². The molecule has 3 aromatic rings. The predicted molar refractivity (Wildman–Crippen MR) is 114 cm³/mol. The molecule has 0 aliphatic carbocycles. The molecule has 1 N–H and O–H groups in total. The van der Waals surface area contributed by atoms with Crippen molar-refractivity contribution in [2.75, 3.05) is 18.2 Å². The van der Waals surface area contributed by atoms with Gasteiger partial charge in [0.05, 0.1) is 18.4 Å². The lowest BCUT2D eigenvalue weighted by Crippen LogP contribution is -2.14. The second-order valence-electron chi connectivity index (χ2n) is 6.38. The van der Waals surface area contributed by atoms with E-state index in [0.717, 1.165) is 22.9 Å². The van der Waals surface area contributed by atoms with E-state index in [2.05, 4.69) is 10.1 Å². The molecule has 1 aromatic heterocycles. The number of thioether (sulfide) groups is 1. The lowest BCUT2D eigenvalue weighted by atomic mass is 10.1. The van der Waals surface area contributed by atoms with Crippen LogP contribution < -0.4 is 10.9 Å². The number of aryl methyl sites for hydroxylation is 1. The van der Waals surface area contributed by atoms with Gasteiger partial charge in [0, 0.05) is 22.9 Å². The minimum Gasteiger partial charge on any atom is -0.465 e. The molecular formula is C22H21NO5S. The Morgan fingerprint density at radius 3 is 2.55 bits per heavy atom. The third kappa shape index (κ3) is 5.26. The van der Waals surface area contributed by atoms with E-state index in [0.29, 0.717) is 22.6 Å². The highest BCUT2D eigenvalue weighted by atomic mass is 32.2. The molecule has 0 saturated heterocycles. The molecular weight excluding hydrogens is 390 g/mol. The lowest BCUT2D eigenvalue weighted by molar-refractivity contribution is -0.113. The third-order valence-corrected chi connectivity index (χ3v) is 5.36. The van der Waals surface area contributed by atoms with Crippen LogP contribution in [0, 0.1) is 0 Å². The number of carbonyl (C=O) groups is 2. The molecule has 0 spiro atoms. The van der Waals surface area contributed by atoms with Gasteiger partial charge in [-0.1, -0.05) is 19.1 Å². The van der Waals surface area contributed by atoms with Gasteiger partial charge in [-0.2, -0.15) is 0 Å². The monoisotopic (exact) mass is 411 g/mol. The Morgan fingerprint density at radius 2 is 1.86 bits per heavy atom. The molecule has 3 rings (SSSR count). The van der Waals surface area contributed by atoms with Crippen LogP contribution in [0.3, 0.4) is 0 Å². The summed E-state index contributed by atoms with van der Waals surface area (Å²) in [7, 11) is 1.32. The predicted octanol–water partition coefficient (Wildman–Crippen LogP) is 4.01. The summed E-state index contributed by atoms with van der Waals surface area (Å²) in [6, 6.07) is 13.8. The average molecular weight is 411 g/mol. The Labute approximate surface area is 172 Å². The molecule has 6 nitrogen and oxygen atoms in total. The van der Waals surface area contributed by atoms with E-state index >= 15 is 0 Å². The second-order valence-corrected chi connectivity index (χ2v) is 7.37. The highest BCUT2D eigenvalue weighted by molar-refractivity contribution is 7.99. The first-order valence-electron chi connectivity index (χ1n) is 9.11. The second kappa shape index (κ2) is 9.43. The molecule has 0 bridgehead atoms. The van der Waals surface area contributed by atoms with E-state index in [4.69, 9.17) is 4.42 Å². The molecule has 0 aliphatic heterocycles. The molecule has 2 aromatic carbocycles. The van der Waals surface area contributed by atoms with Crippen LogP contribution in [0.25, 0.3) is 11.0 Å². The van der Waals surface area contributed by atoms with Gasteiger partial charge in [-0.15, -0.1) is 11.8 Å². The minimum absolute atomic E-state index is 0.165. The molecule has 1 amide bonds. The van der Waals surface area contributed by atoms with E-state index in [1.165, 1.54) is 24.9 Å². The average Bonchev–Trinajstić information content (AvgIpc) is 2.73. The Balaban J connectivity index is 1.60. The number of ether oxygens (including phenoxy) is 1. The molecule has 1 heterocycles. The van der Waals surface area contributed by atoms with Crippen LogP contribution in [-0.4, -0.2) is 24.7 Å². The molecule has 7 heteroatoms. The molecule has 0 aliphatic rings. The van der Waals surface area contributed by atoms with Gasteiger partial charge in [-0.3, -0.25) is 4.79 Å². The largest absolute Gasteiger partial charge is 0.465 e. The van der Waals surface area contributed by atoms with Gasteiger partial charge in [-0.25, -0.2) is 9.59 Å². The first-order chi connectivity index (χ1) is 14.0. The maximum absolute atomic E-state index is 12.2. The summed E-state index contributed by atoms with van der Waals surface area (Å²) in [5.41, 5.74) is 3.14. The Morgan fingerprint density at radius 1 is 1.10 bits per heavy atom. The van der Waals surface area contributed by atoms with Crippen molar-refractivity contribution < 1.29 is 18.7 Å². The van der Waals surface area contributed by atoms with Gasteiger partial charge in [0.1, 0.15) is 5.58 Å². The van der Waals surface area contributed by atoms with Crippen LogP contribution in [0.15, 0.2) is 57.7 Å². The van der Waals surface area contributed by atoms with E-state index < -0.39 is 11.6 Å². The van der Waals surface area contributed by atoms with Crippen molar-refractivity contribution in [2.45, 2.75) is 19.1 Å². The maximum atomic E-state index is 12.2. The van der Waals surface area contributed by atoms with Crippen molar-refractivity contribution in [1.82, 2.24) is 0 Å². The summed E-state index contributed by atoms with van der Waals surface area (Å²) in [5, 5.41) is 3.67. The molecule has 0 fully saturated rings. The number of amides is 1. The van der Waals surface area contributed by atoms with Crippen molar-refractivity contribution in [1.29, 1.82) is 0 Å². The normalized spacial score (nSPS) is 10.7. The first-order valence-corrected chi connectivity index (χ1v) is 10.3. The summed E-state index contributed by atoms with van der Waals surface area (Å²) >= 11 is 1.41. The molecule has 0 atom stereocenters. The van der Waals surface area contributed by atoms with Gasteiger partial charge < -0.3 is 14.5 Å². The number of carbonyl (C=O) groups excluding carboxylic acids is 2. The topological polar surface area (TPSA) is 85.6 Å². The summed E-state index contributed by atoms with van der Waals surface area (Å²) in [6.07, 6.45) is 0.861. The molecule has 29 heavy (non-hydrogen) atoms. The smallest absolute Gasteiger partial charge is 0.337 e. The zero-order chi connectivity index (χ0) is 20.8. The highest BCUT2D eigenvalue weighted by Gasteiger charge is 2.09. The van der Waals surface area contributed by atoms with E-state index in [9.17, 15) is 14.4 Å². The number of methoxy groups -OCH3 is 1. The van der Waals surface area contributed by atoms with Crippen LogP contribution in [0.2, 0.25) is 0 Å². The van der Waals surface area contributed by atoms with Crippen molar-refractivity contribution >= 4 is 40.3 Å². The number of rotatable bonds is 7. The van der Waals surface area contributed by atoms with Gasteiger partial charge >= 0.3 is 11.6 Å². The number of fused-ring (bicyclic) bond motifs is 1. The zero-order valence-electron chi connectivity index (χ0n) is 16.2. The van der Waals surface area contributed by atoms with Crippen molar-refractivity contribution in [2.24, 2.45) is 0 Å². The summed E-state index contributed by atoms with van der Waals surface area (Å²) in [6.45, 7) is 2.04. The SMILES string of the molecule is CCc1ccc2c(CSCC(=O)Nc3ccc(C(=O)OC)cc3)cc(=O)oc2c1. The quantitative estimate of drug-likeness (QED) is 0.467. The fourth-order valence-corrected chi connectivity index (χ4v) is 3.69. The molecule has 150 valence electrons.